The fourth-order valence-corrected chi connectivity index (χ4v) is 7.25. The Bertz CT molecular complexity index is 1240. The Morgan fingerprint density at radius 3 is 2.64 bits per heavy atom. The van der Waals surface area contributed by atoms with E-state index in [4.69, 9.17) is 14.5 Å². The van der Waals surface area contributed by atoms with Crippen molar-refractivity contribution >= 4 is 38.8 Å². The molecule has 2 saturated heterocycles. The first-order chi connectivity index (χ1) is 17.6. The molecular formula is C28H34N4O3S. The fourth-order valence-electron chi connectivity index (χ4n) is 6.02. The summed E-state index contributed by atoms with van der Waals surface area (Å²) in [6.45, 7) is 10.2. The number of carbonyl (C=O) groups is 1. The molecule has 2 fully saturated rings. The molecular weight excluding hydrogens is 472 g/mol. The van der Waals surface area contributed by atoms with Crippen LogP contribution >= 0.6 is 11.3 Å². The van der Waals surface area contributed by atoms with Gasteiger partial charge in [0.25, 0.3) is 5.91 Å². The lowest BCUT2D eigenvalue weighted by Gasteiger charge is -2.36. The van der Waals surface area contributed by atoms with E-state index in [1.54, 1.807) is 11.3 Å². The number of pyridine rings is 1. The molecule has 3 atom stereocenters. The SMILES string of the molecule is CC1CC(C)CN(c2ccnc3c(N4CCOCC4)c(C(=O)NC4CCOc5ccccc54)sc23)C1. The first-order valence-corrected chi connectivity index (χ1v) is 13.9. The second kappa shape index (κ2) is 9.90. The highest BCUT2D eigenvalue weighted by Gasteiger charge is 2.31. The van der Waals surface area contributed by atoms with Crippen molar-refractivity contribution in [2.24, 2.45) is 11.8 Å². The predicted molar refractivity (Wildman–Crippen MR) is 145 cm³/mol. The van der Waals surface area contributed by atoms with E-state index in [2.05, 4.69) is 35.0 Å². The quantitative estimate of drug-likeness (QED) is 0.545. The van der Waals surface area contributed by atoms with Crippen LogP contribution in [0.5, 0.6) is 5.75 Å². The molecule has 0 spiro atoms. The molecule has 0 saturated carbocycles. The number of benzene rings is 1. The number of hydrogen-bond acceptors (Lipinski definition) is 7. The Kier molecular flexibility index (Phi) is 6.48. The molecule has 3 aliphatic heterocycles. The van der Waals surface area contributed by atoms with Crippen LogP contribution < -0.4 is 19.9 Å². The third-order valence-corrected chi connectivity index (χ3v) is 8.72. The summed E-state index contributed by atoms with van der Waals surface area (Å²) < 4.78 is 12.6. The molecule has 3 aromatic rings. The number of carbonyl (C=O) groups excluding carboxylic acids is 1. The number of nitrogens with one attached hydrogen (secondary N) is 1. The van der Waals surface area contributed by atoms with Crippen LogP contribution in [0.2, 0.25) is 0 Å². The second-order valence-electron chi connectivity index (χ2n) is 10.4. The molecule has 7 nitrogen and oxygen atoms in total. The monoisotopic (exact) mass is 506 g/mol. The van der Waals surface area contributed by atoms with Gasteiger partial charge in [0.1, 0.15) is 16.1 Å². The fraction of sp³-hybridized carbons (Fsp3) is 0.500. The van der Waals surface area contributed by atoms with Gasteiger partial charge < -0.3 is 24.6 Å². The van der Waals surface area contributed by atoms with Gasteiger partial charge in [0.15, 0.2) is 0 Å². The molecule has 190 valence electrons. The summed E-state index contributed by atoms with van der Waals surface area (Å²) >= 11 is 1.59. The van der Waals surface area contributed by atoms with Gasteiger partial charge in [0.05, 0.1) is 41.9 Å². The Hall–Kier alpha value is -2.84. The highest BCUT2D eigenvalue weighted by atomic mass is 32.1. The lowest BCUT2D eigenvalue weighted by Crippen LogP contribution is -2.38. The van der Waals surface area contributed by atoms with Gasteiger partial charge in [-0.15, -0.1) is 11.3 Å². The first-order valence-electron chi connectivity index (χ1n) is 13.1. The zero-order valence-electron chi connectivity index (χ0n) is 21.0. The number of morpholine rings is 1. The number of hydrogen-bond donors (Lipinski definition) is 1. The van der Waals surface area contributed by atoms with Gasteiger partial charge >= 0.3 is 0 Å². The van der Waals surface area contributed by atoms with Crippen LogP contribution in [0.1, 0.15) is 48.0 Å². The standard InChI is InChI=1S/C28H34N4O3S/c1-18-15-19(2)17-32(16-18)22-7-9-29-24-25(31-10-13-34-14-11-31)27(36-26(22)24)28(33)30-21-8-12-35-23-6-4-3-5-20(21)23/h3-7,9,18-19,21H,8,10-17H2,1-2H3,(H,30,33). The highest BCUT2D eigenvalue weighted by molar-refractivity contribution is 7.22. The summed E-state index contributed by atoms with van der Waals surface area (Å²) in [6.07, 6.45) is 3.93. The number of rotatable bonds is 4. The largest absolute Gasteiger partial charge is 0.493 e. The number of para-hydroxylation sites is 1. The Labute approximate surface area is 216 Å². The van der Waals surface area contributed by atoms with Gasteiger partial charge in [-0.2, -0.15) is 0 Å². The highest BCUT2D eigenvalue weighted by Crippen LogP contribution is 2.43. The number of fused-ring (bicyclic) bond motifs is 2. The molecule has 0 radical (unpaired) electrons. The van der Waals surface area contributed by atoms with Crippen LogP contribution in [0.25, 0.3) is 10.2 Å². The van der Waals surface area contributed by atoms with Crippen molar-refractivity contribution in [1.29, 1.82) is 0 Å². The molecule has 0 aliphatic carbocycles. The van der Waals surface area contributed by atoms with E-state index in [1.165, 1.54) is 12.1 Å². The number of aromatic nitrogens is 1. The van der Waals surface area contributed by atoms with E-state index < -0.39 is 0 Å². The summed E-state index contributed by atoms with van der Waals surface area (Å²) in [5.74, 6) is 2.11. The van der Waals surface area contributed by atoms with Crippen LogP contribution in [0, 0.1) is 11.8 Å². The maximum Gasteiger partial charge on any atom is 0.264 e. The number of ether oxygens (including phenoxy) is 2. The van der Waals surface area contributed by atoms with E-state index in [0.29, 0.717) is 31.7 Å². The number of amides is 1. The lowest BCUT2D eigenvalue weighted by atomic mass is 9.91. The summed E-state index contributed by atoms with van der Waals surface area (Å²) in [6, 6.07) is 10.1. The normalized spacial score (nSPS) is 24.3. The first kappa shape index (κ1) is 23.6. The smallest absolute Gasteiger partial charge is 0.264 e. The van der Waals surface area contributed by atoms with Gasteiger partial charge in [-0.1, -0.05) is 32.0 Å². The average molecular weight is 507 g/mol. The maximum atomic E-state index is 13.9. The third-order valence-electron chi connectivity index (χ3n) is 7.53. The van der Waals surface area contributed by atoms with Crippen LogP contribution in [0.3, 0.4) is 0 Å². The van der Waals surface area contributed by atoms with E-state index in [0.717, 1.165) is 64.7 Å². The minimum atomic E-state index is -0.0681. The number of anilines is 2. The van der Waals surface area contributed by atoms with Crippen molar-refractivity contribution in [2.45, 2.75) is 32.7 Å². The number of thiophene rings is 1. The zero-order valence-corrected chi connectivity index (χ0v) is 21.9. The second-order valence-corrected chi connectivity index (χ2v) is 11.5. The van der Waals surface area contributed by atoms with Crippen LogP contribution in [0.15, 0.2) is 36.5 Å². The van der Waals surface area contributed by atoms with Crippen molar-refractivity contribution in [1.82, 2.24) is 10.3 Å². The van der Waals surface area contributed by atoms with Crippen molar-refractivity contribution in [2.75, 3.05) is 55.8 Å². The van der Waals surface area contributed by atoms with Crippen molar-refractivity contribution in [3.8, 4) is 5.75 Å². The molecule has 2 aromatic heterocycles. The molecule has 6 rings (SSSR count). The van der Waals surface area contributed by atoms with Crippen LogP contribution in [-0.4, -0.2) is 56.9 Å². The number of nitrogens with zero attached hydrogens (tertiary/aromatic N) is 3. The van der Waals surface area contributed by atoms with Gasteiger partial charge in [0.2, 0.25) is 0 Å². The van der Waals surface area contributed by atoms with Gasteiger partial charge in [-0.05, 0) is 30.4 Å². The van der Waals surface area contributed by atoms with Crippen molar-refractivity contribution in [3.05, 3.63) is 47.0 Å². The Morgan fingerprint density at radius 2 is 1.83 bits per heavy atom. The molecule has 0 bridgehead atoms. The van der Waals surface area contributed by atoms with E-state index in [9.17, 15) is 4.79 Å². The molecule has 8 heteroatoms. The van der Waals surface area contributed by atoms with E-state index in [1.807, 2.05) is 30.5 Å². The Morgan fingerprint density at radius 1 is 1.06 bits per heavy atom. The van der Waals surface area contributed by atoms with E-state index in [-0.39, 0.29) is 11.9 Å². The van der Waals surface area contributed by atoms with Crippen molar-refractivity contribution in [3.63, 3.8) is 0 Å². The summed E-state index contributed by atoms with van der Waals surface area (Å²) in [4.78, 5) is 24.3. The zero-order chi connectivity index (χ0) is 24.6. The molecule has 3 aliphatic rings. The number of piperidine rings is 1. The van der Waals surface area contributed by atoms with Crippen LogP contribution in [0.4, 0.5) is 11.4 Å². The van der Waals surface area contributed by atoms with Crippen molar-refractivity contribution < 1.29 is 14.3 Å². The maximum absolute atomic E-state index is 13.9. The van der Waals surface area contributed by atoms with Crippen LogP contribution in [-0.2, 0) is 4.74 Å². The topological polar surface area (TPSA) is 66.9 Å². The molecule has 1 amide bonds. The summed E-state index contributed by atoms with van der Waals surface area (Å²) in [5, 5.41) is 3.34. The molecule has 5 heterocycles. The van der Waals surface area contributed by atoms with Gasteiger partial charge in [0, 0.05) is 44.4 Å². The predicted octanol–water partition coefficient (Wildman–Crippen LogP) is 4.87. The summed E-state index contributed by atoms with van der Waals surface area (Å²) in [7, 11) is 0. The minimum absolute atomic E-state index is 0.0347. The third kappa shape index (κ3) is 4.41. The lowest BCUT2D eigenvalue weighted by molar-refractivity contribution is 0.0927. The summed E-state index contributed by atoms with van der Waals surface area (Å²) in [5.41, 5.74) is 4.13. The minimum Gasteiger partial charge on any atom is -0.493 e. The van der Waals surface area contributed by atoms with Gasteiger partial charge in [-0.3, -0.25) is 9.78 Å². The molecule has 3 unspecified atom stereocenters. The Balaban J connectivity index is 1.40. The molecule has 1 N–H and O–H groups in total. The van der Waals surface area contributed by atoms with Gasteiger partial charge in [-0.25, -0.2) is 0 Å². The molecule has 1 aromatic carbocycles. The molecule has 36 heavy (non-hydrogen) atoms. The van der Waals surface area contributed by atoms with E-state index >= 15 is 0 Å². The average Bonchev–Trinajstić information content (AvgIpc) is 3.29.